The van der Waals surface area contributed by atoms with Crippen LogP contribution >= 0.6 is 0 Å². The minimum atomic E-state index is -4.58. The van der Waals surface area contributed by atoms with Gasteiger partial charge in [0.05, 0.1) is 11.0 Å². The molecule has 0 N–H and O–H groups in total. The van der Waals surface area contributed by atoms with Crippen molar-refractivity contribution < 1.29 is 20.7 Å². The zero-order valence-electron chi connectivity index (χ0n) is 9.47. The fourth-order valence-electron chi connectivity index (χ4n) is 1.65. The number of hydrogen-bond donors (Lipinski definition) is 0. The van der Waals surface area contributed by atoms with Gasteiger partial charge in [-0.15, -0.1) is 3.89 Å². The van der Waals surface area contributed by atoms with Crippen molar-refractivity contribution in [2.75, 3.05) is 12.3 Å². The van der Waals surface area contributed by atoms with Crippen molar-refractivity contribution in [3.05, 3.63) is 0 Å². The topological polar surface area (TPSA) is 71.5 Å². The average molecular weight is 273 g/mol. The zero-order valence-corrected chi connectivity index (χ0v) is 11.1. The van der Waals surface area contributed by atoms with Gasteiger partial charge in [0.2, 0.25) is 10.0 Å². The summed E-state index contributed by atoms with van der Waals surface area (Å²) in [6.45, 7) is 5.54. The van der Waals surface area contributed by atoms with Crippen molar-refractivity contribution in [3.63, 3.8) is 0 Å². The summed E-state index contributed by atoms with van der Waals surface area (Å²) < 4.78 is 57.6. The molecule has 1 aliphatic rings. The van der Waals surface area contributed by atoms with Crippen molar-refractivity contribution in [3.8, 4) is 0 Å². The fourth-order valence-corrected chi connectivity index (χ4v) is 4.37. The van der Waals surface area contributed by atoms with Gasteiger partial charge in [0, 0.05) is 12.1 Å². The van der Waals surface area contributed by atoms with E-state index in [9.17, 15) is 20.7 Å². The Bertz CT molecular complexity index is 463. The Balaban J connectivity index is 2.66. The van der Waals surface area contributed by atoms with Crippen LogP contribution < -0.4 is 0 Å². The molecule has 1 fully saturated rings. The lowest BCUT2D eigenvalue weighted by Gasteiger charge is -2.46. The van der Waals surface area contributed by atoms with E-state index in [1.807, 2.05) is 0 Å². The summed E-state index contributed by atoms with van der Waals surface area (Å²) in [6, 6.07) is 0. The van der Waals surface area contributed by atoms with Crippen LogP contribution in [0.4, 0.5) is 3.89 Å². The zero-order chi connectivity index (χ0) is 12.8. The van der Waals surface area contributed by atoms with Crippen molar-refractivity contribution in [2.24, 2.45) is 0 Å². The van der Waals surface area contributed by atoms with Crippen LogP contribution in [0, 0.1) is 0 Å². The van der Waals surface area contributed by atoms with Gasteiger partial charge in [0.15, 0.2) is 0 Å². The third kappa shape index (κ3) is 2.92. The quantitative estimate of drug-likeness (QED) is 0.702. The number of nitrogens with zero attached hydrogens (tertiary/aromatic N) is 1. The Morgan fingerprint density at radius 2 is 1.88 bits per heavy atom. The maximum Gasteiger partial charge on any atom is 0.302 e. The molecule has 16 heavy (non-hydrogen) atoms. The number of rotatable bonds is 3. The Morgan fingerprint density at radius 3 is 2.19 bits per heavy atom. The molecule has 1 heterocycles. The molecular formula is C8H16FNO4S2. The summed E-state index contributed by atoms with van der Waals surface area (Å²) in [5.74, 6) is -0.727. The van der Waals surface area contributed by atoms with E-state index in [1.165, 1.54) is 4.31 Å². The van der Waals surface area contributed by atoms with E-state index in [2.05, 4.69) is 0 Å². The molecule has 1 rings (SSSR count). The number of halogens is 1. The second-order valence-corrected chi connectivity index (χ2v) is 8.52. The molecule has 0 aliphatic carbocycles. The second kappa shape index (κ2) is 3.92. The van der Waals surface area contributed by atoms with E-state index in [-0.39, 0.29) is 13.0 Å². The molecule has 0 amide bonds. The van der Waals surface area contributed by atoms with Gasteiger partial charge in [-0.3, -0.25) is 0 Å². The van der Waals surface area contributed by atoms with Gasteiger partial charge in [-0.2, -0.15) is 12.7 Å². The maximum absolute atomic E-state index is 12.3. The van der Waals surface area contributed by atoms with Crippen LogP contribution in [0.3, 0.4) is 0 Å². The molecule has 8 heteroatoms. The van der Waals surface area contributed by atoms with Crippen molar-refractivity contribution >= 4 is 20.2 Å². The molecule has 0 aromatic heterocycles. The fraction of sp³-hybridized carbons (Fsp3) is 1.00. The lowest BCUT2D eigenvalue weighted by molar-refractivity contribution is 0.207. The number of sulfonamides is 1. The van der Waals surface area contributed by atoms with Crippen LogP contribution in [0.2, 0.25) is 0 Å². The maximum atomic E-state index is 12.3. The summed E-state index contributed by atoms with van der Waals surface area (Å²) in [6.07, 6.45) is -0.173. The first-order valence-corrected chi connectivity index (χ1v) is 7.94. The molecular weight excluding hydrogens is 257 g/mol. The second-order valence-electron chi connectivity index (χ2n) is 4.90. The molecule has 5 nitrogen and oxygen atoms in total. The van der Waals surface area contributed by atoms with Crippen molar-refractivity contribution in [2.45, 2.75) is 38.0 Å². The van der Waals surface area contributed by atoms with Gasteiger partial charge in [-0.05, 0) is 27.2 Å². The molecule has 0 aromatic carbocycles. The first kappa shape index (κ1) is 13.9. The summed E-state index contributed by atoms with van der Waals surface area (Å²) in [5, 5.41) is -0.766. The predicted molar refractivity (Wildman–Crippen MR) is 58.7 cm³/mol. The van der Waals surface area contributed by atoms with Crippen LogP contribution in [0.5, 0.6) is 0 Å². The lowest BCUT2D eigenvalue weighted by Crippen LogP contribution is -2.62. The van der Waals surface area contributed by atoms with Gasteiger partial charge in [-0.25, -0.2) is 8.42 Å². The van der Waals surface area contributed by atoms with Gasteiger partial charge in [0.25, 0.3) is 0 Å². The molecule has 96 valence electrons. The molecule has 1 aliphatic heterocycles. The average Bonchev–Trinajstić information content (AvgIpc) is 1.97. The first-order chi connectivity index (χ1) is 6.94. The molecule has 0 saturated carbocycles. The summed E-state index contributed by atoms with van der Waals surface area (Å²) in [7, 11) is -8.02. The molecule has 1 saturated heterocycles. The largest absolute Gasteiger partial charge is 0.302 e. The lowest BCUT2D eigenvalue weighted by atomic mass is 10.1. The molecule has 0 spiro atoms. The number of hydrogen-bond acceptors (Lipinski definition) is 4. The van der Waals surface area contributed by atoms with Crippen LogP contribution in [0.1, 0.15) is 27.2 Å². The van der Waals surface area contributed by atoms with Crippen molar-refractivity contribution in [1.29, 1.82) is 0 Å². The standard InChI is InChI=1S/C8H16FNO4S2/c1-8(2,3)10-6-7(16(10,13)14)4-5-15(9,11)12/h7H,4-6H2,1-3H3/t7-/m1/s1. The van der Waals surface area contributed by atoms with Crippen LogP contribution in [0.25, 0.3) is 0 Å². The van der Waals surface area contributed by atoms with E-state index >= 15 is 0 Å². The van der Waals surface area contributed by atoms with E-state index in [4.69, 9.17) is 0 Å². The highest BCUT2D eigenvalue weighted by molar-refractivity contribution is 7.91. The molecule has 1 atom stereocenters. The highest BCUT2D eigenvalue weighted by Gasteiger charge is 2.49. The Hall–Kier alpha value is -0.210. The highest BCUT2D eigenvalue weighted by Crippen LogP contribution is 2.32. The molecule has 0 aromatic rings. The Labute approximate surface area is 95.9 Å². The van der Waals surface area contributed by atoms with E-state index < -0.39 is 36.8 Å². The highest BCUT2D eigenvalue weighted by atomic mass is 32.3. The van der Waals surface area contributed by atoms with Crippen LogP contribution in [0.15, 0.2) is 0 Å². The minimum Gasteiger partial charge on any atom is -0.212 e. The normalized spacial score (nSPS) is 26.4. The SMILES string of the molecule is CC(C)(C)N1C[C@@H](CCS(=O)(=O)F)S1(=O)=O. The van der Waals surface area contributed by atoms with Crippen molar-refractivity contribution in [1.82, 2.24) is 4.31 Å². The van der Waals surface area contributed by atoms with Gasteiger partial charge in [0.1, 0.15) is 0 Å². The third-order valence-electron chi connectivity index (χ3n) is 2.53. The summed E-state index contributed by atoms with van der Waals surface area (Å²) in [5.41, 5.74) is -0.510. The van der Waals surface area contributed by atoms with E-state index in [1.54, 1.807) is 20.8 Å². The molecule has 0 radical (unpaired) electrons. The van der Waals surface area contributed by atoms with Gasteiger partial charge >= 0.3 is 10.2 Å². The summed E-state index contributed by atoms with van der Waals surface area (Å²) >= 11 is 0. The van der Waals surface area contributed by atoms with E-state index in [0.29, 0.717) is 0 Å². The van der Waals surface area contributed by atoms with Crippen LogP contribution in [-0.2, 0) is 20.2 Å². The smallest absolute Gasteiger partial charge is 0.212 e. The minimum absolute atomic E-state index is 0.173. The Kier molecular flexibility index (Phi) is 3.39. The van der Waals surface area contributed by atoms with Crippen LogP contribution in [-0.4, -0.2) is 44.2 Å². The van der Waals surface area contributed by atoms with Gasteiger partial charge in [-0.1, -0.05) is 0 Å². The first-order valence-electron chi connectivity index (χ1n) is 4.88. The summed E-state index contributed by atoms with van der Waals surface area (Å²) in [4.78, 5) is 0. The van der Waals surface area contributed by atoms with E-state index in [0.717, 1.165) is 0 Å². The monoisotopic (exact) mass is 273 g/mol. The Morgan fingerprint density at radius 1 is 1.38 bits per heavy atom. The van der Waals surface area contributed by atoms with Gasteiger partial charge < -0.3 is 0 Å². The predicted octanol–water partition coefficient (Wildman–Crippen LogP) is 0.488. The molecule has 0 bridgehead atoms. The molecule has 0 unspecified atom stereocenters. The third-order valence-corrected chi connectivity index (χ3v) is 5.79.